The normalized spacial score (nSPS) is 11.2. The Morgan fingerprint density at radius 3 is 2.37 bits per heavy atom. The van der Waals surface area contributed by atoms with Crippen LogP contribution >= 0.6 is 15.9 Å². The fourth-order valence-corrected chi connectivity index (χ4v) is 1.72. The van der Waals surface area contributed by atoms with Crippen LogP contribution < -0.4 is 10.2 Å². The number of nitrogens with one attached hydrogen (secondary N) is 1. The van der Waals surface area contributed by atoms with Gasteiger partial charge in [-0.3, -0.25) is 4.79 Å². The van der Waals surface area contributed by atoms with E-state index in [0.717, 1.165) is 17.9 Å². The molecule has 0 heterocycles. The summed E-state index contributed by atoms with van der Waals surface area (Å²) in [6, 6.07) is 7.62. The quantitative estimate of drug-likeness (QED) is 0.789. The van der Waals surface area contributed by atoms with Crippen LogP contribution in [0.15, 0.2) is 24.3 Å². The lowest BCUT2D eigenvalue weighted by molar-refractivity contribution is -0.117. The van der Waals surface area contributed by atoms with Gasteiger partial charge >= 0.3 is 0 Å². The molecule has 1 rings (SSSR count). The van der Waals surface area contributed by atoms with E-state index in [9.17, 15) is 4.79 Å². The van der Waals surface area contributed by atoms with Crippen molar-refractivity contribution in [2.24, 2.45) is 0 Å². The monoisotopic (exact) mass is 328 g/mol. The third-order valence-electron chi connectivity index (χ3n) is 2.78. The average molecular weight is 329 g/mol. The summed E-state index contributed by atoms with van der Waals surface area (Å²) in [5.41, 5.74) is 1.80. The van der Waals surface area contributed by atoms with Crippen LogP contribution in [0.1, 0.15) is 20.8 Å². The van der Waals surface area contributed by atoms with Gasteiger partial charge in [0.05, 0.1) is 10.9 Å². The topological polar surface area (TPSA) is 52.6 Å². The maximum absolute atomic E-state index is 11.8. The van der Waals surface area contributed by atoms with Gasteiger partial charge < -0.3 is 15.3 Å². The number of aliphatic hydroxyl groups is 1. The third kappa shape index (κ3) is 4.84. The number of likely N-dealkylation sites (N-methyl/N-ethyl adjacent to an activating group) is 1. The first-order valence-electron chi connectivity index (χ1n) is 6.34. The molecule has 1 aromatic rings. The number of benzene rings is 1. The van der Waals surface area contributed by atoms with Crippen molar-refractivity contribution in [3.63, 3.8) is 0 Å². The number of rotatable bonds is 6. The van der Waals surface area contributed by atoms with E-state index in [1.54, 1.807) is 13.8 Å². The van der Waals surface area contributed by atoms with E-state index >= 15 is 0 Å². The molecule has 0 aliphatic heterocycles. The van der Waals surface area contributed by atoms with E-state index in [0.29, 0.717) is 6.54 Å². The average Bonchev–Trinajstić information content (AvgIpc) is 2.36. The second-order valence-electron chi connectivity index (χ2n) is 4.78. The summed E-state index contributed by atoms with van der Waals surface area (Å²) in [5, 5.41) is 11.8. The van der Waals surface area contributed by atoms with Crippen molar-refractivity contribution in [2.45, 2.75) is 25.1 Å². The standard InChI is InChI=1S/C14H21BrN2O2/c1-4-17(9-10-18)12-7-5-11(6-8-12)16-13(19)14(2,3)15/h5-8,18H,4,9-10H2,1-3H3,(H,16,19). The largest absolute Gasteiger partial charge is 0.395 e. The lowest BCUT2D eigenvalue weighted by atomic mass is 10.2. The van der Waals surface area contributed by atoms with Gasteiger partial charge in [0.25, 0.3) is 0 Å². The molecule has 0 spiro atoms. The molecule has 0 saturated heterocycles. The van der Waals surface area contributed by atoms with Gasteiger partial charge in [0.2, 0.25) is 5.91 Å². The van der Waals surface area contributed by atoms with Crippen molar-refractivity contribution in [3.8, 4) is 0 Å². The predicted octanol–water partition coefficient (Wildman–Crippen LogP) is 2.62. The first kappa shape index (κ1) is 16.0. The van der Waals surface area contributed by atoms with Crippen LogP contribution in [0.5, 0.6) is 0 Å². The molecule has 0 bridgehead atoms. The van der Waals surface area contributed by atoms with Crippen LogP contribution in [-0.2, 0) is 4.79 Å². The van der Waals surface area contributed by atoms with Gasteiger partial charge in [0.1, 0.15) is 0 Å². The van der Waals surface area contributed by atoms with Gasteiger partial charge in [-0.1, -0.05) is 15.9 Å². The summed E-state index contributed by atoms with van der Waals surface area (Å²) in [6.07, 6.45) is 0. The van der Waals surface area contributed by atoms with Gasteiger partial charge in [0, 0.05) is 24.5 Å². The number of carbonyl (C=O) groups is 1. The molecule has 0 aliphatic rings. The zero-order valence-corrected chi connectivity index (χ0v) is 13.2. The molecule has 4 nitrogen and oxygen atoms in total. The van der Waals surface area contributed by atoms with Gasteiger partial charge in [-0.2, -0.15) is 0 Å². The Kier molecular flexibility index (Phi) is 5.82. The summed E-state index contributed by atoms with van der Waals surface area (Å²) in [4.78, 5) is 13.9. The van der Waals surface area contributed by atoms with Crippen LogP contribution in [0.2, 0.25) is 0 Å². The summed E-state index contributed by atoms with van der Waals surface area (Å²) in [7, 11) is 0. The second kappa shape index (κ2) is 6.91. The Balaban J connectivity index is 2.74. The number of alkyl halides is 1. The summed E-state index contributed by atoms with van der Waals surface area (Å²) < 4.78 is -0.585. The number of hydrogen-bond acceptors (Lipinski definition) is 3. The van der Waals surface area contributed by atoms with E-state index in [1.807, 2.05) is 31.2 Å². The van der Waals surface area contributed by atoms with Crippen molar-refractivity contribution < 1.29 is 9.90 Å². The molecule has 2 N–H and O–H groups in total. The molecule has 1 aromatic carbocycles. The fraction of sp³-hybridized carbons (Fsp3) is 0.500. The van der Waals surface area contributed by atoms with Crippen molar-refractivity contribution >= 4 is 33.2 Å². The third-order valence-corrected chi connectivity index (χ3v) is 3.14. The van der Waals surface area contributed by atoms with Crippen molar-refractivity contribution in [1.29, 1.82) is 0 Å². The molecule has 106 valence electrons. The Bertz CT molecular complexity index is 412. The minimum atomic E-state index is -0.585. The molecule has 0 aromatic heterocycles. The lowest BCUT2D eigenvalue weighted by Gasteiger charge is -2.22. The molecule has 0 atom stereocenters. The highest BCUT2D eigenvalue weighted by molar-refractivity contribution is 9.10. The number of nitrogens with zero attached hydrogens (tertiary/aromatic N) is 1. The van der Waals surface area contributed by atoms with Crippen molar-refractivity contribution in [2.75, 3.05) is 29.9 Å². The van der Waals surface area contributed by atoms with Gasteiger partial charge in [-0.25, -0.2) is 0 Å². The Hall–Kier alpha value is -1.07. The Labute approximate surface area is 122 Å². The van der Waals surface area contributed by atoms with Crippen LogP contribution in [0.4, 0.5) is 11.4 Å². The van der Waals surface area contributed by atoms with Gasteiger partial charge in [-0.05, 0) is 45.0 Å². The molecule has 19 heavy (non-hydrogen) atoms. The number of halogens is 1. The highest BCUT2D eigenvalue weighted by Gasteiger charge is 2.23. The lowest BCUT2D eigenvalue weighted by Crippen LogP contribution is -2.31. The molecule has 0 unspecified atom stereocenters. The molecule has 5 heteroatoms. The Morgan fingerprint density at radius 2 is 1.95 bits per heavy atom. The molecule has 0 radical (unpaired) electrons. The van der Waals surface area contributed by atoms with Crippen molar-refractivity contribution in [1.82, 2.24) is 0 Å². The number of anilines is 2. The number of hydrogen-bond donors (Lipinski definition) is 2. The second-order valence-corrected chi connectivity index (χ2v) is 6.76. The minimum Gasteiger partial charge on any atom is -0.395 e. The highest BCUT2D eigenvalue weighted by Crippen LogP contribution is 2.21. The maximum atomic E-state index is 11.8. The van der Waals surface area contributed by atoms with E-state index < -0.39 is 4.32 Å². The zero-order valence-electron chi connectivity index (χ0n) is 11.6. The Morgan fingerprint density at radius 1 is 1.37 bits per heavy atom. The van der Waals surface area contributed by atoms with Crippen molar-refractivity contribution in [3.05, 3.63) is 24.3 Å². The molecule has 0 fully saturated rings. The van der Waals surface area contributed by atoms with Gasteiger partial charge in [0.15, 0.2) is 0 Å². The first-order chi connectivity index (χ1) is 8.88. The highest BCUT2D eigenvalue weighted by atomic mass is 79.9. The summed E-state index contributed by atoms with van der Waals surface area (Å²) in [5.74, 6) is -0.0806. The van der Waals surface area contributed by atoms with E-state index in [-0.39, 0.29) is 12.5 Å². The van der Waals surface area contributed by atoms with Crippen LogP contribution in [0.25, 0.3) is 0 Å². The van der Waals surface area contributed by atoms with E-state index in [4.69, 9.17) is 5.11 Å². The number of amides is 1. The predicted molar refractivity (Wildman–Crippen MR) is 83.1 cm³/mol. The number of aliphatic hydroxyl groups excluding tert-OH is 1. The molecule has 0 saturated carbocycles. The summed E-state index contributed by atoms with van der Waals surface area (Å²) in [6.45, 7) is 7.22. The first-order valence-corrected chi connectivity index (χ1v) is 7.14. The van der Waals surface area contributed by atoms with Gasteiger partial charge in [-0.15, -0.1) is 0 Å². The van der Waals surface area contributed by atoms with Crippen LogP contribution in [0, 0.1) is 0 Å². The number of carbonyl (C=O) groups excluding carboxylic acids is 1. The van der Waals surface area contributed by atoms with E-state index in [2.05, 4.69) is 26.1 Å². The molecular formula is C14H21BrN2O2. The maximum Gasteiger partial charge on any atom is 0.240 e. The van der Waals surface area contributed by atoms with E-state index in [1.165, 1.54) is 0 Å². The fourth-order valence-electron chi connectivity index (χ4n) is 1.63. The molecule has 0 aliphatic carbocycles. The molecule has 1 amide bonds. The summed E-state index contributed by atoms with van der Waals surface area (Å²) >= 11 is 3.32. The SMILES string of the molecule is CCN(CCO)c1ccc(NC(=O)C(C)(C)Br)cc1. The van der Waals surface area contributed by atoms with Crippen LogP contribution in [0.3, 0.4) is 0 Å². The van der Waals surface area contributed by atoms with Crippen LogP contribution in [-0.4, -0.2) is 35.0 Å². The zero-order chi connectivity index (χ0) is 14.5. The minimum absolute atomic E-state index is 0.0806. The molecular weight excluding hydrogens is 308 g/mol. The smallest absolute Gasteiger partial charge is 0.240 e.